The van der Waals surface area contributed by atoms with Crippen LogP contribution >= 0.6 is 0 Å². The predicted octanol–water partition coefficient (Wildman–Crippen LogP) is 4.92. The minimum absolute atomic E-state index is 0.194. The van der Waals surface area contributed by atoms with Gasteiger partial charge in [-0.2, -0.15) is 13.2 Å². The lowest BCUT2D eigenvalue weighted by Gasteiger charge is -2.15. The summed E-state index contributed by atoms with van der Waals surface area (Å²) < 4.78 is 52.7. The number of alkyl halides is 3. The second-order valence-electron chi connectivity index (χ2n) is 5.90. The van der Waals surface area contributed by atoms with Gasteiger partial charge in [-0.3, -0.25) is 4.90 Å². The summed E-state index contributed by atoms with van der Waals surface area (Å²) in [4.78, 5) is 1.90. The van der Waals surface area contributed by atoms with Crippen LogP contribution in [0.15, 0.2) is 36.4 Å². The van der Waals surface area contributed by atoms with Crippen LogP contribution in [0.5, 0.6) is 0 Å². The molecule has 0 spiro atoms. The van der Waals surface area contributed by atoms with E-state index in [1.165, 1.54) is 11.6 Å². The third-order valence-electron chi connectivity index (χ3n) is 4.23. The van der Waals surface area contributed by atoms with Crippen molar-refractivity contribution in [3.8, 4) is 0 Å². The van der Waals surface area contributed by atoms with E-state index in [2.05, 4.69) is 6.92 Å². The summed E-state index contributed by atoms with van der Waals surface area (Å²) in [5, 5.41) is 0. The van der Waals surface area contributed by atoms with Gasteiger partial charge in [-0.25, -0.2) is 4.39 Å². The van der Waals surface area contributed by atoms with Crippen LogP contribution in [0.1, 0.15) is 34.7 Å². The molecule has 0 radical (unpaired) electrons. The molecule has 122 valence electrons. The van der Waals surface area contributed by atoms with Crippen molar-refractivity contribution in [2.45, 2.75) is 39.2 Å². The number of fused-ring (bicyclic) bond motifs is 1. The molecule has 0 aromatic heterocycles. The number of nitrogens with zero attached hydrogens (tertiary/aromatic N) is 1. The maximum atomic E-state index is 13.5. The molecule has 23 heavy (non-hydrogen) atoms. The van der Waals surface area contributed by atoms with Crippen molar-refractivity contribution in [1.82, 2.24) is 4.90 Å². The normalized spacial score (nSPS) is 15.0. The molecule has 0 N–H and O–H groups in total. The van der Waals surface area contributed by atoms with Gasteiger partial charge in [-0.1, -0.05) is 31.2 Å². The highest BCUT2D eigenvalue weighted by Gasteiger charge is 2.37. The van der Waals surface area contributed by atoms with Crippen LogP contribution in [-0.4, -0.2) is 4.90 Å². The summed E-state index contributed by atoms with van der Waals surface area (Å²) in [6.45, 7) is 3.16. The standard InChI is InChI=1S/C18H17F4N/c1-2-12-3-5-13(6-4-12)9-23-10-14-7-15(19)8-17(16(14)11-23)18(20,21)22/h3-8H,2,9-11H2,1H3. The van der Waals surface area contributed by atoms with Crippen LogP contribution in [0.25, 0.3) is 0 Å². The number of benzene rings is 2. The maximum Gasteiger partial charge on any atom is 0.416 e. The Kier molecular flexibility index (Phi) is 4.15. The minimum atomic E-state index is -4.52. The molecule has 0 fully saturated rings. The Labute approximate surface area is 132 Å². The fourth-order valence-electron chi connectivity index (χ4n) is 3.04. The van der Waals surface area contributed by atoms with Gasteiger partial charge >= 0.3 is 6.18 Å². The number of hydrogen-bond donors (Lipinski definition) is 0. The number of aryl methyl sites for hydroxylation is 1. The Hall–Kier alpha value is -1.88. The smallest absolute Gasteiger partial charge is 0.291 e. The molecule has 0 saturated heterocycles. The summed E-state index contributed by atoms with van der Waals surface area (Å²) in [7, 11) is 0. The topological polar surface area (TPSA) is 3.24 Å². The third-order valence-corrected chi connectivity index (χ3v) is 4.23. The van der Waals surface area contributed by atoms with Gasteiger partial charge in [0.25, 0.3) is 0 Å². The molecular weight excluding hydrogens is 306 g/mol. The summed E-state index contributed by atoms with van der Waals surface area (Å²) in [5.41, 5.74) is 2.05. The van der Waals surface area contributed by atoms with E-state index in [9.17, 15) is 17.6 Å². The molecule has 1 heterocycles. The molecule has 0 amide bonds. The molecule has 3 rings (SSSR count). The van der Waals surface area contributed by atoms with Gasteiger partial charge in [-0.05, 0) is 40.8 Å². The first-order valence-corrected chi connectivity index (χ1v) is 7.55. The fourth-order valence-corrected chi connectivity index (χ4v) is 3.04. The molecule has 2 aromatic carbocycles. The molecular formula is C18H17F4N. The van der Waals surface area contributed by atoms with Crippen molar-refractivity contribution < 1.29 is 17.6 Å². The van der Waals surface area contributed by atoms with E-state index in [1.54, 1.807) is 0 Å². The molecule has 0 unspecified atom stereocenters. The zero-order valence-corrected chi connectivity index (χ0v) is 12.8. The van der Waals surface area contributed by atoms with E-state index in [0.717, 1.165) is 12.0 Å². The van der Waals surface area contributed by atoms with Crippen LogP contribution in [-0.2, 0) is 32.2 Å². The van der Waals surface area contributed by atoms with E-state index in [0.29, 0.717) is 24.7 Å². The average molecular weight is 323 g/mol. The highest BCUT2D eigenvalue weighted by atomic mass is 19.4. The van der Waals surface area contributed by atoms with Crippen LogP contribution in [0.3, 0.4) is 0 Å². The Balaban J connectivity index is 1.81. The quantitative estimate of drug-likeness (QED) is 0.725. The van der Waals surface area contributed by atoms with Crippen molar-refractivity contribution >= 4 is 0 Å². The summed E-state index contributed by atoms with van der Waals surface area (Å²) in [5.74, 6) is -0.828. The van der Waals surface area contributed by atoms with Gasteiger partial charge in [0, 0.05) is 19.6 Å². The number of halogens is 4. The van der Waals surface area contributed by atoms with Crippen LogP contribution in [0.2, 0.25) is 0 Å². The molecule has 0 atom stereocenters. The Morgan fingerprint density at radius 3 is 2.26 bits per heavy atom. The Morgan fingerprint density at radius 2 is 1.65 bits per heavy atom. The predicted molar refractivity (Wildman–Crippen MR) is 80.2 cm³/mol. The summed E-state index contributed by atoms with van der Waals surface area (Å²) >= 11 is 0. The Morgan fingerprint density at radius 1 is 1.00 bits per heavy atom. The van der Waals surface area contributed by atoms with E-state index in [4.69, 9.17) is 0 Å². The third kappa shape index (κ3) is 3.39. The number of rotatable bonds is 3. The van der Waals surface area contributed by atoms with Gasteiger partial charge in [0.1, 0.15) is 5.82 Å². The van der Waals surface area contributed by atoms with Gasteiger partial charge in [-0.15, -0.1) is 0 Å². The Bertz CT molecular complexity index is 704. The summed E-state index contributed by atoms with van der Waals surface area (Å²) in [6, 6.07) is 9.85. The molecule has 0 aliphatic carbocycles. The minimum Gasteiger partial charge on any atom is -0.291 e. The van der Waals surface area contributed by atoms with Crippen molar-refractivity contribution in [2.24, 2.45) is 0 Å². The molecule has 1 aliphatic rings. The second-order valence-corrected chi connectivity index (χ2v) is 5.90. The lowest BCUT2D eigenvalue weighted by molar-refractivity contribution is -0.138. The lowest BCUT2D eigenvalue weighted by atomic mass is 10.0. The highest BCUT2D eigenvalue weighted by molar-refractivity contribution is 5.40. The van der Waals surface area contributed by atoms with Crippen molar-refractivity contribution in [3.05, 3.63) is 70.0 Å². The lowest BCUT2D eigenvalue weighted by Crippen LogP contribution is -2.16. The molecule has 2 aromatic rings. The van der Waals surface area contributed by atoms with E-state index in [-0.39, 0.29) is 12.1 Å². The molecule has 1 nitrogen and oxygen atoms in total. The van der Waals surface area contributed by atoms with Crippen molar-refractivity contribution in [3.63, 3.8) is 0 Å². The van der Waals surface area contributed by atoms with E-state index < -0.39 is 17.6 Å². The van der Waals surface area contributed by atoms with E-state index >= 15 is 0 Å². The van der Waals surface area contributed by atoms with Crippen LogP contribution in [0.4, 0.5) is 17.6 Å². The van der Waals surface area contributed by atoms with Crippen molar-refractivity contribution in [2.75, 3.05) is 0 Å². The average Bonchev–Trinajstić information content (AvgIpc) is 2.88. The van der Waals surface area contributed by atoms with Crippen LogP contribution < -0.4 is 0 Å². The highest BCUT2D eigenvalue weighted by Crippen LogP contribution is 2.38. The molecule has 1 aliphatic heterocycles. The van der Waals surface area contributed by atoms with Gasteiger partial charge in [0.2, 0.25) is 0 Å². The molecule has 5 heteroatoms. The number of hydrogen-bond acceptors (Lipinski definition) is 1. The zero-order valence-electron chi connectivity index (χ0n) is 12.8. The molecule has 0 bridgehead atoms. The first kappa shape index (κ1) is 16.0. The first-order chi connectivity index (χ1) is 10.9. The monoisotopic (exact) mass is 323 g/mol. The van der Waals surface area contributed by atoms with Crippen LogP contribution in [0, 0.1) is 5.82 Å². The maximum absolute atomic E-state index is 13.5. The zero-order chi connectivity index (χ0) is 16.6. The van der Waals surface area contributed by atoms with Gasteiger partial charge < -0.3 is 0 Å². The second kappa shape index (κ2) is 5.96. The van der Waals surface area contributed by atoms with Gasteiger partial charge in [0.15, 0.2) is 0 Å². The SMILES string of the molecule is CCc1ccc(CN2Cc3cc(F)cc(C(F)(F)F)c3C2)cc1. The van der Waals surface area contributed by atoms with Gasteiger partial charge in [0.05, 0.1) is 5.56 Å². The van der Waals surface area contributed by atoms with Crippen molar-refractivity contribution in [1.29, 1.82) is 0 Å². The fraction of sp³-hybridized carbons (Fsp3) is 0.333. The first-order valence-electron chi connectivity index (χ1n) is 7.55. The molecule has 0 saturated carbocycles. The largest absolute Gasteiger partial charge is 0.416 e. The van der Waals surface area contributed by atoms with E-state index in [1.807, 2.05) is 29.2 Å². The summed E-state index contributed by atoms with van der Waals surface area (Å²) in [6.07, 6.45) is -3.57.